The fraction of sp³-hybridized carbons (Fsp3) is 0.500. The topological polar surface area (TPSA) is 0 Å². The van der Waals surface area contributed by atoms with Gasteiger partial charge in [0.1, 0.15) is 0 Å². The Morgan fingerprint density at radius 3 is 1.64 bits per heavy atom. The molecule has 0 N–H and O–H groups in total. The Labute approximate surface area is 96.2 Å². The maximum Gasteiger partial charge on any atom is 0.0476 e. The minimum atomic E-state index is 0.416. The van der Waals surface area contributed by atoms with Crippen molar-refractivity contribution in [3.63, 3.8) is 0 Å². The molecule has 0 amide bonds. The van der Waals surface area contributed by atoms with E-state index in [4.69, 9.17) is 23.2 Å². The monoisotopic (exact) mass is 230 g/mol. The first-order valence-electron chi connectivity index (χ1n) is 4.82. The van der Waals surface area contributed by atoms with Gasteiger partial charge in [0.05, 0.1) is 0 Å². The van der Waals surface area contributed by atoms with E-state index in [-0.39, 0.29) is 0 Å². The van der Waals surface area contributed by atoms with Crippen LogP contribution in [0.2, 0.25) is 10.0 Å². The van der Waals surface area contributed by atoms with Gasteiger partial charge < -0.3 is 0 Å². The smallest absolute Gasteiger partial charge is 0.0476 e. The van der Waals surface area contributed by atoms with Crippen LogP contribution in [0.5, 0.6) is 0 Å². The second-order valence-electron chi connectivity index (χ2n) is 4.07. The van der Waals surface area contributed by atoms with Crippen molar-refractivity contribution in [2.75, 3.05) is 0 Å². The largest absolute Gasteiger partial charge is 0.0837 e. The summed E-state index contributed by atoms with van der Waals surface area (Å²) in [5, 5.41) is 1.73. The first kappa shape index (κ1) is 11.9. The average molecular weight is 231 g/mol. The predicted molar refractivity (Wildman–Crippen MR) is 64.8 cm³/mol. The highest BCUT2D eigenvalue weighted by Crippen LogP contribution is 2.37. The van der Waals surface area contributed by atoms with E-state index in [9.17, 15) is 0 Å². The molecule has 0 aromatic heterocycles. The summed E-state index contributed by atoms with van der Waals surface area (Å²) < 4.78 is 0. The van der Waals surface area contributed by atoms with Crippen LogP contribution in [0, 0.1) is 20.8 Å². The molecule has 0 saturated carbocycles. The molecule has 0 nitrogen and oxygen atoms in total. The zero-order chi connectivity index (χ0) is 11.0. The van der Waals surface area contributed by atoms with E-state index in [1.165, 1.54) is 5.56 Å². The first-order chi connectivity index (χ1) is 6.37. The normalized spacial score (nSPS) is 11.1. The van der Waals surface area contributed by atoms with E-state index in [0.29, 0.717) is 5.92 Å². The van der Waals surface area contributed by atoms with E-state index in [0.717, 1.165) is 26.7 Å². The minimum absolute atomic E-state index is 0.416. The minimum Gasteiger partial charge on any atom is -0.0837 e. The Bertz CT molecular complexity index is 336. The molecule has 14 heavy (non-hydrogen) atoms. The fourth-order valence-corrected chi connectivity index (χ4v) is 2.53. The van der Waals surface area contributed by atoms with E-state index in [1.54, 1.807) is 0 Å². The summed E-state index contributed by atoms with van der Waals surface area (Å²) in [5.41, 5.74) is 4.50. The van der Waals surface area contributed by atoms with Crippen molar-refractivity contribution >= 4 is 23.2 Å². The quantitative estimate of drug-likeness (QED) is 0.634. The Morgan fingerprint density at radius 1 is 0.786 bits per heavy atom. The van der Waals surface area contributed by atoms with Gasteiger partial charge in [0.25, 0.3) is 0 Å². The lowest BCUT2D eigenvalue weighted by atomic mass is 9.93. The molecular weight excluding hydrogens is 215 g/mol. The molecule has 2 heteroatoms. The molecule has 1 aromatic rings. The summed E-state index contributed by atoms with van der Waals surface area (Å²) in [6.07, 6.45) is 0. The molecule has 0 radical (unpaired) electrons. The molecule has 0 aliphatic carbocycles. The van der Waals surface area contributed by atoms with Crippen LogP contribution in [-0.2, 0) is 0 Å². The Morgan fingerprint density at radius 2 is 1.21 bits per heavy atom. The molecule has 0 bridgehead atoms. The molecule has 1 rings (SSSR count). The SMILES string of the molecule is Cc1c(C)c(Cl)c(C(C)C)c(C)c1Cl. The van der Waals surface area contributed by atoms with Gasteiger partial charge in [-0.05, 0) is 48.9 Å². The third kappa shape index (κ3) is 1.78. The van der Waals surface area contributed by atoms with Crippen LogP contribution in [0.25, 0.3) is 0 Å². The molecule has 0 aliphatic heterocycles. The first-order valence-corrected chi connectivity index (χ1v) is 5.58. The van der Waals surface area contributed by atoms with Crippen molar-refractivity contribution in [1.29, 1.82) is 0 Å². The summed E-state index contributed by atoms with van der Waals surface area (Å²) in [5.74, 6) is 0.416. The molecule has 0 heterocycles. The maximum absolute atomic E-state index is 6.31. The second kappa shape index (κ2) is 4.12. The summed E-state index contributed by atoms with van der Waals surface area (Å²) in [4.78, 5) is 0. The van der Waals surface area contributed by atoms with Crippen LogP contribution in [0.15, 0.2) is 0 Å². The van der Waals surface area contributed by atoms with Gasteiger partial charge in [-0.2, -0.15) is 0 Å². The van der Waals surface area contributed by atoms with Crippen LogP contribution in [-0.4, -0.2) is 0 Å². The third-order valence-corrected chi connectivity index (χ3v) is 3.82. The highest BCUT2D eigenvalue weighted by atomic mass is 35.5. The van der Waals surface area contributed by atoms with Gasteiger partial charge in [0.2, 0.25) is 0 Å². The molecule has 78 valence electrons. The predicted octanol–water partition coefficient (Wildman–Crippen LogP) is 5.04. The van der Waals surface area contributed by atoms with Gasteiger partial charge in [0.15, 0.2) is 0 Å². The highest BCUT2D eigenvalue weighted by Gasteiger charge is 2.16. The van der Waals surface area contributed by atoms with Gasteiger partial charge in [-0.3, -0.25) is 0 Å². The number of benzene rings is 1. The van der Waals surface area contributed by atoms with Crippen molar-refractivity contribution in [3.05, 3.63) is 32.3 Å². The molecular formula is C12H16Cl2. The average Bonchev–Trinajstić information content (AvgIpc) is 2.11. The molecule has 0 spiro atoms. The van der Waals surface area contributed by atoms with Crippen LogP contribution >= 0.6 is 23.2 Å². The van der Waals surface area contributed by atoms with E-state index < -0.39 is 0 Å². The van der Waals surface area contributed by atoms with E-state index in [2.05, 4.69) is 13.8 Å². The lowest BCUT2D eigenvalue weighted by Crippen LogP contribution is -1.99. The Hall–Kier alpha value is -0.200. The van der Waals surface area contributed by atoms with Crippen LogP contribution < -0.4 is 0 Å². The molecule has 0 aliphatic rings. The maximum atomic E-state index is 6.31. The van der Waals surface area contributed by atoms with Crippen molar-refractivity contribution in [2.45, 2.75) is 40.5 Å². The lowest BCUT2D eigenvalue weighted by Gasteiger charge is -2.18. The highest BCUT2D eigenvalue weighted by molar-refractivity contribution is 6.35. The summed E-state index contributed by atoms with van der Waals surface area (Å²) in [7, 11) is 0. The third-order valence-electron chi connectivity index (χ3n) is 2.77. The van der Waals surface area contributed by atoms with Crippen LogP contribution in [0.4, 0.5) is 0 Å². The molecule has 0 saturated heterocycles. The van der Waals surface area contributed by atoms with Gasteiger partial charge in [-0.15, -0.1) is 0 Å². The van der Waals surface area contributed by atoms with Gasteiger partial charge in [0, 0.05) is 10.0 Å². The molecule has 0 unspecified atom stereocenters. The van der Waals surface area contributed by atoms with Gasteiger partial charge in [-0.25, -0.2) is 0 Å². The lowest BCUT2D eigenvalue weighted by molar-refractivity contribution is 0.853. The standard InChI is InChI=1S/C12H16Cl2/c1-6(2)10-9(5)11(13)7(3)8(4)12(10)14/h6H,1-5H3. The zero-order valence-corrected chi connectivity index (χ0v) is 10.8. The summed E-state index contributed by atoms with van der Waals surface area (Å²) >= 11 is 12.6. The fourth-order valence-electron chi connectivity index (χ4n) is 1.78. The van der Waals surface area contributed by atoms with E-state index >= 15 is 0 Å². The number of hydrogen-bond donors (Lipinski definition) is 0. The van der Waals surface area contributed by atoms with Gasteiger partial charge >= 0.3 is 0 Å². The van der Waals surface area contributed by atoms with Crippen molar-refractivity contribution in [3.8, 4) is 0 Å². The van der Waals surface area contributed by atoms with Crippen LogP contribution in [0.3, 0.4) is 0 Å². The van der Waals surface area contributed by atoms with Crippen LogP contribution in [0.1, 0.15) is 42.0 Å². The Balaban J connectivity index is 3.60. The molecule has 1 aromatic carbocycles. The van der Waals surface area contributed by atoms with Gasteiger partial charge in [-0.1, -0.05) is 37.0 Å². The summed E-state index contributed by atoms with van der Waals surface area (Å²) in [6.45, 7) is 10.4. The summed E-state index contributed by atoms with van der Waals surface area (Å²) in [6, 6.07) is 0. The van der Waals surface area contributed by atoms with Crippen molar-refractivity contribution < 1.29 is 0 Å². The number of halogens is 2. The van der Waals surface area contributed by atoms with E-state index in [1.807, 2.05) is 20.8 Å². The zero-order valence-electron chi connectivity index (χ0n) is 9.33. The Kier molecular flexibility index (Phi) is 3.49. The van der Waals surface area contributed by atoms with Crippen molar-refractivity contribution in [1.82, 2.24) is 0 Å². The second-order valence-corrected chi connectivity index (χ2v) is 4.83. The molecule has 0 atom stereocenters. The number of hydrogen-bond acceptors (Lipinski definition) is 0. The van der Waals surface area contributed by atoms with Crippen molar-refractivity contribution in [2.24, 2.45) is 0 Å². The molecule has 0 fully saturated rings. The number of rotatable bonds is 1.